The van der Waals surface area contributed by atoms with Crippen molar-refractivity contribution in [3.8, 4) is 11.4 Å². The van der Waals surface area contributed by atoms with Crippen molar-refractivity contribution in [1.29, 1.82) is 0 Å². The van der Waals surface area contributed by atoms with Gasteiger partial charge in [0.1, 0.15) is 0 Å². The van der Waals surface area contributed by atoms with E-state index in [-0.39, 0.29) is 23.3 Å². The number of nitrogens with one attached hydrogen (secondary N) is 2. The number of rotatable bonds is 6. The number of thioether (sulfide) groups is 1. The van der Waals surface area contributed by atoms with E-state index in [1.165, 1.54) is 22.9 Å². The molecule has 2 heterocycles. The number of carbonyl (C=O) groups is 1. The molecule has 152 valence electrons. The van der Waals surface area contributed by atoms with Crippen molar-refractivity contribution in [3.63, 3.8) is 0 Å². The van der Waals surface area contributed by atoms with Gasteiger partial charge < -0.3 is 16.6 Å². The number of anilines is 2. The van der Waals surface area contributed by atoms with Crippen molar-refractivity contribution < 1.29 is 9.72 Å². The number of carbonyl (C=O) groups excluding carboxylic acids is 1. The summed E-state index contributed by atoms with van der Waals surface area (Å²) in [4.78, 5) is 29.6. The Balaban J connectivity index is 1.43. The highest BCUT2D eigenvalue weighted by Crippen LogP contribution is 2.26. The summed E-state index contributed by atoms with van der Waals surface area (Å²) in [5.74, 6) is 6.24. The molecular weight excluding hydrogens is 410 g/mol. The van der Waals surface area contributed by atoms with Gasteiger partial charge >= 0.3 is 0 Å². The lowest BCUT2D eigenvalue weighted by Crippen LogP contribution is -2.17. The Morgan fingerprint density at radius 2 is 2.07 bits per heavy atom. The van der Waals surface area contributed by atoms with Gasteiger partial charge in [-0.05, 0) is 18.2 Å². The molecule has 0 aliphatic carbocycles. The number of para-hydroxylation sites is 1. The van der Waals surface area contributed by atoms with Crippen LogP contribution in [0.3, 0.4) is 0 Å². The molecular formula is C17H15N9O3S. The number of nitro benzene ring substituents is 1. The van der Waals surface area contributed by atoms with Gasteiger partial charge in [0.2, 0.25) is 17.0 Å². The zero-order chi connectivity index (χ0) is 21.3. The van der Waals surface area contributed by atoms with Crippen molar-refractivity contribution in [2.75, 3.05) is 22.6 Å². The van der Waals surface area contributed by atoms with Crippen LogP contribution in [0.15, 0.2) is 47.6 Å². The molecule has 12 nitrogen and oxygen atoms in total. The molecule has 0 spiro atoms. The summed E-state index contributed by atoms with van der Waals surface area (Å²) in [6, 6.07) is 11.3. The standard InChI is InChI=1S/C17H15N9O3S/c18-11-4-2-1-3-10(11)15-23-24-17(25(15)19)30-8-14(27)22-16-20-12-6-5-9(26(28)29)7-13(12)21-16/h1-7H,8,18-19H2,(H2,20,21,22,27). The predicted octanol–water partition coefficient (Wildman–Crippen LogP) is 1.76. The highest BCUT2D eigenvalue weighted by atomic mass is 32.2. The Morgan fingerprint density at radius 1 is 1.27 bits per heavy atom. The predicted molar refractivity (Wildman–Crippen MR) is 112 cm³/mol. The smallest absolute Gasteiger partial charge is 0.271 e. The molecule has 0 bridgehead atoms. The van der Waals surface area contributed by atoms with Crippen LogP contribution in [0.25, 0.3) is 22.4 Å². The van der Waals surface area contributed by atoms with Crippen molar-refractivity contribution in [1.82, 2.24) is 24.8 Å². The minimum Gasteiger partial charge on any atom is -0.398 e. The molecule has 0 aliphatic rings. The highest BCUT2D eigenvalue weighted by molar-refractivity contribution is 7.99. The SMILES string of the molecule is Nc1ccccc1-c1nnc(SCC(=O)Nc2nc3ccc([N+](=O)[O-])cc3[nH]2)n1N. The van der Waals surface area contributed by atoms with Crippen LogP contribution in [0.2, 0.25) is 0 Å². The van der Waals surface area contributed by atoms with E-state index in [4.69, 9.17) is 11.6 Å². The minimum atomic E-state index is -0.505. The molecule has 30 heavy (non-hydrogen) atoms. The molecule has 6 N–H and O–H groups in total. The van der Waals surface area contributed by atoms with E-state index in [2.05, 4.69) is 25.5 Å². The fourth-order valence-electron chi connectivity index (χ4n) is 2.73. The Bertz CT molecular complexity index is 1270. The fourth-order valence-corrected chi connectivity index (χ4v) is 3.38. The Morgan fingerprint density at radius 3 is 2.83 bits per heavy atom. The number of aromatic amines is 1. The monoisotopic (exact) mass is 425 g/mol. The first-order valence-corrected chi connectivity index (χ1v) is 9.53. The maximum absolute atomic E-state index is 12.3. The summed E-state index contributed by atoms with van der Waals surface area (Å²) >= 11 is 1.09. The van der Waals surface area contributed by atoms with Crippen LogP contribution < -0.4 is 16.9 Å². The zero-order valence-electron chi connectivity index (χ0n) is 15.3. The van der Waals surface area contributed by atoms with Crippen LogP contribution in [-0.2, 0) is 4.79 Å². The van der Waals surface area contributed by atoms with Gasteiger partial charge in [-0.3, -0.25) is 20.2 Å². The summed E-state index contributed by atoms with van der Waals surface area (Å²) in [7, 11) is 0. The number of nitrogens with zero attached hydrogens (tertiary/aromatic N) is 5. The lowest BCUT2D eigenvalue weighted by molar-refractivity contribution is -0.384. The fraction of sp³-hybridized carbons (Fsp3) is 0.0588. The summed E-state index contributed by atoms with van der Waals surface area (Å²) < 4.78 is 1.27. The molecule has 0 saturated carbocycles. The second kappa shape index (κ2) is 7.71. The summed E-state index contributed by atoms with van der Waals surface area (Å²) in [5, 5.41) is 21.8. The van der Waals surface area contributed by atoms with Gasteiger partial charge in [-0.25, -0.2) is 9.66 Å². The van der Waals surface area contributed by atoms with Crippen molar-refractivity contribution in [2.45, 2.75) is 5.16 Å². The van der Waals surface area contributed by atoms with Crippen LogP contribution in [0.4, 0.5) is 17.3 Å². The number of fused-ring (bicyclic) bond motifs is 1. The van der Waals surface area contributed by atoms with Gasteiger partial charge in [0, 0.05) is 23.4 Å². The van der Waals surface area contributed by atoms with Gasteiger partial charge in [0.25, 0.3) is 5.69 Å². The number of hydrogen-bond donors (Lipinski definition) is 4. The number of nitrogens with two attached hydrogens (primary N) is 2. The average Bonchev–Trinajstić information content (AvgIpc) is 3.28. The molecule has 2 aromatic heterocycles. The van der Waals surface area contributed by atoms with E-state index >= 15 is 0 Å². The third-order valence-electron chi connectivity index (χ3n) is 4.13. The van der Waals surface area contributed by atoms with Crippen molar-refractivity contribution >= 4 is 46.0 Å². The first-order chi connectivity index (χ1) is 14.4. The quantitative estimate of drug-likeness (QED) is 0.117. The number of benzene rings is 2. The Kier molecular flexibility index (Phi) is 4.93. The lowest BCUT2D eigenvalue weighted by Gasteiger charge is -2.05. The number of hydrogen-bond acceptors (Lipinski definition) is 9. The second-order valence-electron chi connectivity index (χ2n) is 6.14. The molecule has 4 rings (SSSR count). The van der Waals surface area contributed by atoms with Crippen LogP contribution in [-0.4, -0.2) is 41.4 Å². The van der Waals surface area contributed by atoms with Gasteiger partial charge in [0.05, 0.1) is 21.7 Å². The van der Waals surface area contributed by atoms with Gasteiger partial charge in [-0.15, -0.1) is 10.2 Å². The number of nitrogen functional groups attached to an aromatic ring is 2. The van der Waals surface area contributed by atoms with Gasteiger partial charge in [0.15, 0.2) is 5.82 Å². The highest BCUT2D eigenvalue weighted by Gasteiger charge is 2.16. The van der Waals surface area contributed by atoms with Crippen LogP contribution >= 0.6 is 11.8 Å². The maximum Gasteiger partial charge on any atom is 0.271 e. The topological polar surface area (TPSA) is 184 Å². The van der Waals surface area contributed by atoms with E-state index in [0.29, 0.717) is 33.3 Å². The largest absolute Gasteiger partial charge is 0.398 e. The number of amides is 1. The third-order valence-corrected chi connectivity index (χ3v) is 5.08. The molecule has 0 saturated heterocycles. The Hall–Kier alpha value is -4.13. The molecule has 0 atom stereocenters. The molecule has 0 radical (unpaired) electrons. The first kappa shape index (κ1) is 19.2. The van der Waals surface area contributed by atoms with Crippen molar-refractivity contribution in [2.24, 2.45) is 0 Å². The van der Waals surface area contributed by atoms with E-state index in [0.717, 1.165) is 11.8 Å². The number of aromatic nitrogens is 5. The molecule has 4 aromatic rings. The average molecular weight is 425 g/mol. The van der Waals surface area contributed by atoms with Crippen LogP contribution in [0, 0.1) is 10.1 Å². The minimum absolute atomic E-state index is 0.00318. The zero-order valence-corrected chi connectivity index (χ0v) is 16.1. The molecule has 1 amide bonds. The van der Waals surface area contributed by atoms with Gasteiger partial charge in [-0.1, -0.05) is 23.9 Å². The molecule has 2 aromatic carbocycles. The number of imidazole rings is 1. The molecule has 13 heteroatoms. The normalized spacial score (nSPS) is 10.9. The summed E-state index contributed by atoms with van der Waals surface area (Å²) in [6.45, 7) is 0. The van der Waals surface area contributed by atoms with E-state index in [1.807, 2.05) is 6.07 Å². The van der Waals surface area contributed by atoms with E-state index in [9.17, 15) is 14.9 Å². The van der Waals surface area contributed by atoms with Crippen molar-refractivity contribution in [3.05, 3.63) is 52.6 Å². The second-order valence-corrected chi connectivity index (χ2v) is 7.09. The summed E-state index contributed by atoms with van der Waals surface area (Å²) in [5.41, 5.74) is 7.96. The van der Waals surface area contributed by atoms with Gasteiger partial charge in [-0.2, -0.15) is 0 Å². The lowest BCUT2D eigenvalue weighted by atomic mass is 10.2. The number of H-pyrrole nitrogens is 1. The van der Waals surface area contributed by atoms with E-state index in [1.54, 1.807) is 18.2 Å². The van der Waals surface area contributed by atoms with E-state index < -0.39 is 4.92 Å². The molecule has 0 unspecified atom stereocenters. The summed E-state index contributed by atoms with van der Waals surface area (Å²) in [6.07, 6.45) is 0. The Labute approximate surface area is 172 Å². The van der Waals surface area contributed by atoms with Crippen LogP contribution in [0.5, 0.6) is 0 Å². The molecule has 0 aliphatic heterocycles. The number of non-ortho nitro benzene ring substituents is 1. The maximum atomic E-state index is 12.3. The first-order valence-electron chi connectivity index (χ1n) is 8.54. The number of nitro groups is 1. The molecule has 0 fully saturated rings. The third kappa shape index (κ3) is 3.73. The van der Waals surface area contributed by atoms with Crippen LogP contribution in [0.1, 0.15) is 0 Å².